The summed E-state index contributed by atoms with van der Waals surface area (Å²) in [5.74, 6) is -3.36. The van der Waals surface area contributed by atoms with E-state index < -0.39 is 36.4 Å². The van der Waals surface area contributed by atoms with Crippen LogP contribution in [0.1, 0.15) is 0 Å². The number of ether oxygens (including phenoxy) is 1. The predicted octanol–water partition coefficient (Wildman–Crippen LogP) is -2.75. The average molecular weight is 224 g/mol. The van der Waals surface area contributed by atoms with Crippen LogP contribution in [0.15, 0.2) is 0 Å². The Bertz CT molecular complexity index is 239. The molecule has 0 radical (unpaired) electrons. The summed E-state index contributed by atoms with van der Waals surface area (Å²) in [6.07, 6.45) is -8.28. The van der Waals surface area contributed by atoms with Gasteiger partial charge in [0.15, 0.2) is 12.2 Å². The number of hydrogen-bond donors (Lipinski definition) is 5. The first-order chi connectivity index (χ1) is 6.82. The van der Waals surface area contributed by atoms with Gasteiger partial charge in [0.25, 0.3) is 0 Å². The van der Waals surface area contributed by atoms with Crippen LogP contribution in [-0.4, -0.2) is 69.0 Å². The number of aliphatic hydroxyl groups is 3. The van der Waals surface area contributed by atoms with Crippen molar-refractivity contribution in [1.29, 1.82) is 0 Å². The zero-order valence-electron chi connectivity index (χ0n) is 7.77. The van der Waals surface area contributed by atoms with Gasteiger partial charge in [-0.15, -0.1) is 0 Å². The summed E-state index contributed by atoms with van der Waals surface area (Å²) >= 11 is 0. The van der Waals surface area contributed by atoms with Crippen LogP contribution in [0.3, 0.4) is 0 Å². The molecule has 0 aromatic carbocycles. The van der Waals surface area contributed by atoms with Gasteiger partial charge in [0.05, 0.1) is 0 Å². The van der Waals surface area contributed by atoms with Crippen molar-refractivity contribution in [2.24, 2.45) is 0 Å². The molecule has 0 aliphatic rings. The van der Waals surface area contributed by atoms with E-state index in [-0.39, 0.29) is 0 Å². The monoisotopic (exact) mass is 224 g/mol. The van der Waals surface area contributed by atoms with E-state index in [1.54, 1.807) is 0 Å². The fourth-order valence-corrected chi connectivity index (χ4v) is 0.898. The first-order valence-electron chi connectivity index (χ1n) is 3.85. The largest absolute Gasteiger partial charge is 0.479 e. The highest BCUT2D eigenvalue weighted by atomic mass is 16.5. The number of methoxy groups -OCH3 is 1. The summed E-state index contributed by atoms with van der Waals surface area (Å²) in [7, 11) is 0.960. The van der Waals surface area contributed by atoms with E-state index in [0.29, 0.717) is 0 Å². The molecular weight excluding hydrogens is 212 g/mol. The Morgan fingerprint density at radius 3 is 1.73 bits per heavy atom. The molecule has 8 nitrogen and oxygen atoms in total. The lowest BCUT2D eigenvalue weighted by molar-refractivity contribution is -0.175. The number of carboxylic acid groups (broad SMARTS) is 2. The Hall–Kier alpha value is -1.22. The number of carboxylic acids is 2. The SMILES string of the molecule is CO[C@@H](C(=O)O)[C@@H](O)[C@H](O)[C@H](O)C(=O)O. The Morgan fingerprint density at radius 2 is 1.47 bits per heavy atom. The van der Waals surface area contributed by atoms with E-state index in [4.69, 9.17) is 20.4 Å². The van der Waals surface area contributed by atoms with Crippen LogP contribution < -0.4 is 0 Å². The summed E-state index contributed by atoms with van der Waals surface area (Å²) < 4.78 is 4.31. The molecule has 0 amide bonds. The number of rotatable bonds is 6. The highest BCUT2D eigenvalue weighted by Crippen LogP contribution is 2.08. The van der Waals surface area contributed by atoms with Crippen molar-refractivity contribution in [3.63, 3.8) is 0 Å². The molecule has 0 aromatic rings. The zero-order valence-corrected chi connectivity index (χ0v) is 7.77. The fraction of sp³-hybridized carbons (Fsp3) is 0.714. The predicted molar refractivity (Wildman–Crippen MR) is 44.1 cm³/mol. The van der Waals surface area contributed by atoms with E-state index in [2.05, 4.69) is 4.74 Å². The second-order valence-electron chi connectivity index (χ2n) is 2.76. The Labute approximate surface area is 84.3 Å². The van der Waals surface area contributed by atoms with Gasteiger partial charge in [-0.05, 0) is 0 Å². The van der Waals surface area contributed by atoms with E-state index in [1.165, 1.54) is 0 Å². The van der Waals surface area contributed by atoms with Gasteiger partial charge in [0, 0.05) is 7.11 Å². The highest BCUT2D eigenvalue weighted by Gasteiger charge is 2.38. The van der Waals surface area contributed by atoms with Crippen LogP contribution >= 0.6 is 0 Å². The van der Waals surface area contributed by atoms with E-state index >= 15 is 0 Å². The molecule has 0 aliphatic carbocycles. The van der Waals surface area contributed by atoms with E-state index in [1.807, 2.05) is 0 Å². The average Bonchev–Trinajstić information content (AvgIpc) is 2.15. The second kappa shape index (κ2) is 5.61. The lowest BCUT2D eigenvalue weighted by Gasteiger charge is -2.24. The smallest absolute Gasteiger partial charge is 0.335 e. The minimum Gasteiger partial charge on any atom is -0.479 e. The molecule has 0 saturated heterocycles. The van der Waals surface area contributed by atoms with Crippen molar-refractivity contribution in [1.82, 2.24) is 0 Å². The number of carbonyl (C=O) groups is 2. The maximum Gasteiger partial charge on any atom is 0.335 e. The fourth-order valence-electron chi connectivity index (χ4n) is 0.898. The Balaban J connectivity index is 4.60. The van der Waals surface area contributed by atoms with Crippen LogP contribution in [0.4, 0.5) is 0 Å². The number of hydrogen-bond acceptors (Lipinski definition) is 6. The molecule has 0 fully saturated rings. The summed E-state index contributed by atoms with van der Waals surface area (Å²) in [5.41, 5.74) is 0. The molecule has 0 unspecified atom stereocenters. The molecule has 5 N–H and O–H groups in total. The molecule has 0 bridgehead atoms. The van der Waals surface area contributed by atoms with Crippen LogP contribution in [0.5, 0.6) is 0 Å². The number of aliphatic carboxylic acids is 2. The summed E-state index contributed by atoms with van der Waals surface area (Å²) in [6.45, 7) is 0. The highest BCUT2D eigenvalue weighted by molar-refractivity contribution is 5.75. The third-order valence-corrected chi connectivity index (χ3v) is 1.73. The third-order valence-electron chi connectivity index (χ3n) is 1.73. The lowest BCUT2D eigenvalue weighted by Crippen LogP contribution is -2.50. The topological polar surface area (TPSA) is 145 Å². The first-order valence-corrected chi connectivity index (χ1v) is 3.85. The Kier molecular flexibility index (Phi) is 5.15. The minimum absolute atomic E-state index is 0.960. The van der Waals surface area contributed by atoms with Crippen molar-refractivity contribution >= 4 is 11.9 Å². The van der Waals surface area contributed by atoms with E-state index in [0.717, 1.165) is 7.11 Å². The standard InChI is InChI=1S/C7H12O8/c1-15-5(7(13)14)3(9)2(8)4(10)6(11)12/h2-5,8-10H,1H3,(H,11,12)(H,13,14)/t2-,3-,4-,5+/m0/s1. The van der Waals surface area contributed by atoms with Crippen molar-refractivity contribution in [2.75, 3.05) is 7.11 Å². The summed E-state index contributed by atoms with van der Waals surface area (Å²) in [4.78, 5) is 20.7. The van der Waals surface area contributed by atoms with Crippen LogP contribution in [0.2, 0.25) is 0 Å². The van der Waals surface area contributed by atoms with Gasteiger partial charge in [0.1, 0.15) is 12.2 Å². The van der Waals surface area contributed by atoms with Gasteiger partial charge in [-0.2, -0.15) is 0 Å². The van der Waals surface area contributed by atoms with Gasteiger partial charge in [-0.3, -0.25) is 0 Å². The van der Waals surface area contributed by atoms with Gasteiger partial charge in [-0.1, -0.05) is 0 Å². The lowest BCUT2D eigenvalue weighted by atomic mass is 10.0. The molecule has 0 aromatic heterocycles. The van der Waals surface area contributed by atoms with Gasteiger partial charge in [0.2, 0.25) is 0 Å². The second-order valence-corrected chi connectivity index (χ2v) is 2.76. The first kappa shape index (κ1) is 13.8. The molecule has 0 rings (SSSR count). The van der Waals surface area contributed by atoms with Gasteiger partial charge >= 0.3 is 11.9 Å². The van der Waals surface area contributed by atoms with E-state index in [9.17, 15) is 14.7 Å². The van der Waals surface area contributed by atoms with Crippen molar-refractivity contribution in [2.45, 2.75) is 24.4 Å². The molecule has 8 heteroatoms. The molecule has 4 atom stereocenters. The van der Waals surface area contributed by atoms with Gasteiger partial charge < -0.3 is 30.3 Å². The van der Waals surface area contributed by atoms with Crippen LogP contribution in [0.25, 0.3) is 0 Å². The quantitative estimate of drug-likeness (QED) is 0.326. The molecule has 0 heterocycles. The molecule has 0 spiro atoms. The van der Waals surface area contributed by atoms with Crippen molar-refractivity contribution in [3.8, 4) is 0 Å². The van der Waals surface area contributed by atoms with Crippen molar-refractivity contribution < 1.29 is 39.9 Å². The molecule has 15 heavy (non-hydrogen) atoms. The van der Waals surface area contributed by atoms with Crippen LogP contribution in [0, 0.1) is 0 Å². The minimum atomic E-state index is -2.28. The maximum atomic E-state index is 10.4. The third kappa shape index (κ3) is 3.44. The van der Waals surface area contributed by atoms with Crippen molar-refractivity contribution in [3.05, 3.63) is 0 Å². The maximum absolute atomic E-state index is 10.4. The number of aliphatic hydroxyl groups excluding tert-OH is 3. The summed E-state index contributed by atoms with van der Waals surface area (Å²) in [5, 5.41) is 43.9. The van der Waals surface area contributed by atoms with Gasteiger partial charge in [-0.25, -0.2) is 9.59 Å². The van der Waals surface area contributed by atoms with Crippen LogP contribution in [-0.2, 0) is 14.3 Å². The molecule has 0 aliphatic heterocycles. The Morgan fingerprint density at radius 1 is 1.00 bits per heavy atom. The zero-order chi connectivity index (χ0) is 12.2. The summed E-state index contributed by atoms with van der Waals surface area (Å²) in [6, 6.07) is 0. The molecule has 88 valence electrons. The molecular formula is C7H12O8. The normalized spacial score (nSPS) is 18.9. The molecule has 0 saturated carbocycles.